The molecule has 29 heavy (non-hydrogen) atoms. The van der Waals surface area contributed by atoms with E-state index in [2.05, 4.69) is 20.5 Å². The topological polar surface area (TPSA) is 117 Å². The zero-order chi connectivity index (χ0) is 20.6. The van der Waals surface area contributed by atoms with Crippen LogP contribution in [-0.4, -0.2) is 68.3 Å². The lowest BCUT2D eigenvalue weighted by atomic mass is 10.2. The number of rotatable bonds is 6. The van der Waals surface area contributed by atoms with Gasteiger partial charge in [-0.2, -0.15) is 5.11 Å². The number of cyclic esters (lactones) is 1. The Morgan fingerprint density at radius 3 is 2.86 bits per heavy atom. The first-order valence-corrected chi connectivity index (χ1v) is 11.6. The SMILES string of the molecule is CS(=O)(=O)Cc1nnc(-c2ccc(N3C[C@H](CN4CCN=N4)OC3=O)cc2F)s1. The molecule has 3 heterocycles. The molecule has 154 valence electrons. The molecular weight excluding hydrogens is 423 g/mol. The fourth-order valence-corrected chi connectivity index (χ4v) is 5.07. The number of anilines is 1. The second-order valence-corrected chi connectivity index (χ2v) is 9.92. The Labute approximate surface area is 169 Å². The Bertz CT molecular complexity index is 1070. The number of sulfone groups is 1. The molecule has 10 nitrogen and oxygen atoms in total. The van der Waals surface area contributed by atoms with Crippen LogP contribution in [0.4, 0.5) is 14.9 Å². The van der Waals surface area contributed by atoms with Gasteiger partial charge in [0.25, 0.3) is 0 Å². The lowest BCUT2D eigenvalue weighted by Gasteiger charge is -2.16. The fourth-order valence-electron chi connectivity index (χ4n) is 3.02. The Hall–Kier alpha value is -2.67. The molecule has 1 fully saturated rings. The number of halogens is 1. The van der Waals surface area contributed by atoms with Crippen molar-refractivity contribution >= 4 is 33.0 Å². The van der Waals surface area contributed by atoms with Crippen LogP contribution in [-0.2, 0) is 20.3 Å². The van der Waals surface area contributed by atoms with Gasteiger partial charge in [-0.3, -0.25) is 9.91 Å². The fraction of sp³-hybridized carbons (Fsp3) is 0.438. The van der Waals surface area contributed by atoms with Gasteiger partial charge >= 0.3 is 6.09 Å². The molecule has 2 aliphatic rings. The van der Waals surface area contributed by atoms with Gasteiger partial charge in [0.05, 0.1) is 31.9 Å². The van der Waals surface area contributed by atoms with E-state index in [4.69, 9.17) is 4.74 Å². The van der Waals surface area contributed by atoms with Gasteiger partial charge in [-0.25, -0.2) is 17.6 Å². The Balaban J connectivity index is 1.48. The lowest BCUT2D eigenvalue weighted by Crippen LogP contribution is -2.31. The third-order valence-corrected chi connectivity index (χ3v) is 6.22. The Kier molecular flexibility index (Phi) is 5.17. The minimum absolute atomic E-state index is 0.188. The van der Waals surface area contributed by atoms with Gasteiger partial charge in [-0.1, -0.05) is 16.6 Å². The summed E-state index contributed by atoms with van der Waals surface area (Å²) >= 11 is 1.01. The number of benzene rings is 1. The molecule has 1 aromatic heterocycles. The number of hydrogen-bond donors (Lipinski definition) is 0. The molecule has 1 amide bonds. The second kappa shape index (κ2) is 7.63. The molecule has 1 atom stereocenters. The number of carbonyl (C=O) groups is 1. The molecule has 0 spiro atoms. The summed E-state index contributed by atoms with van der Waals surface area (Å²) in [6.07, 6.45) is 0.159. The van der Waals surface area contributed by atoms with Gasteiger partial charge in [-0.05, 0) is 18.2 Å². The van der Waals surface area contributed by atoms with Crippen molar-refractivity contribution in [1.82, 2.24) is 15.2 Å². The highest BCUT2D eigenvalue weighted by Crippen LogP contribution is 2.31. The van der Waals surface area contributed by atoms with Crippen molar-refractivity contribution < 1.29 is 22.3 Å². The first kappa shape index (κ1) is 19.6. The molecule has 4 rings (SSSR count). The molecule has 0 bridgehead atoms. The van der Waals surface area contributed by atoms with Gasteiger partial charge in [0, 0.05) is 11.8 Å². The maximum Gasteiger partial charge on any atom is 0.414 e. The molecule has 13 heteroatoms. The Morgan fingerprint density at radius 1 is 1.34 bits per heavy atom. The van der Waals surface area contributed by atoms with E-state index < -0.39 is 21.7 Å². The molecule has 0 saturated carbocycles. The maximum atomic E-state index is 14.7. The van der Waals surface area contributed by atoms with Crippen molar-refractivity contribution in [1.29, 1.82) is 0 Å². The van der Waals surface area contributed by atoms with Crippen molar-refractivity contribution in [2.45, 2.75) is 11.9 Å². The van der Waals surface area contributed by atoms with Crippen LogP contribution in [0.5, 0.6) is 0 Å². The highest BCUT2D eigenvalue weighted by Gasteiger charge is 2.34. The van der Waals surface area contributed by atoms with Crippen LogP contribution < -0.4 is 4.90 Å². The van der Waals surface area contributed by atoms with Crippen LogP contribution in [0, 0.1) is 5.82 Å². The van der Waals surface area contributed by atoms with E-state index in [9.17, 15) is 17.6 Å². The summed E-state index contributed by atoms with van der Waals surface area (Å²) in [5.41, 5.74) is 0.551. The van der Waals surface area contributed by atoms with Gasteiger partial charge in [0.1, 0.15) is 22.7 Å². The van der Waals surface area contributed by atoms with E-state index >= 15 is 0 Å². The van der Waals surface area contributed by atoms with Crippen LogP contribution in [0.25, 0.3) is 10.6 Å². The van der Waals surface area contributed by atoms with E-state index in [0.29, 0.717) is 25.3 Å². The first-order valence-electron chi connectivity index (χ1n) is 8.69. The predicted octanol–water partition coefficient (Wildman–Crippen LogP) is 1.90. The molecule has 0 aliphatic carbocycles. The van der Waals surface area contributed by atoms with Crippen molar-refractivity contribution in [3.63, 3.8) is 0 Å². The molecule has 2 aliphatic heterocycles. The third-order valence-electron chi connectivity index (χ3n) is 4.28. The zero-order valence-corrected chi connectivity index (χ0v) is 17.0. The smallest absolute Gasteiger partial charge is 0.414 e. The zero-order valence-electron chi connectivity index (χ0n) is 15.4. The summed E-state index contributed by atoms with van der Waals surface area (Å²) < 4.78 is 42.8. The number of amides is 1. The quantitative estimate of drug-likeness (QED) is 0.673. The molecular formula is C16H17FN6O4S2. The summed E-state index contributed by atoms with van der Waals surface area (Å²) in [5, 5.41) is 17.8. The molecule has 0 N–H and O–H groups in total. The number of carbonyl (C=O) groups excluding carboxylic acids is 1. The van der Waals surface area contributed by atoms with Crippen LogP contribution in [0.2, 0.25) is 0 Å². The molecule has 2 aromatic rings. The van der Waals surface area contributed by atoms with E-state index in [1.54, 1.807) is 11.1 Å². The minimum atomic E-state index is -3.25. The van der Waals surface area contributed by atoms with Crippen LogP contribution in [0.15, 0.2) is 28.5 Å². The summed E-state index contributed by atoms with van der Waals surface area (Å²) in [4.78, 5) is 13.6. The van der Waals surface area contributed by atoms with E-state index in [0.717, 1.165) is 17.6 Å². The van der Waals surface area contributed by atoms with Crippen LogP contribution in [0.3, 0.4) is 0 Å². The third kappa shape index (κ3) is 4.50. The van der Waals surface area contributed by atoms with Crippen molar-refractivity contribution in [3.05, 3.63) is 29.0 Å². The van der Waals surface area contributed by atoms with Crippen molar-refractivity contribution in [2.24, 2.45) is 10.3 Å². The second-order valence-electron chi connectivity index (χ2n) is 6.72. The average molecular weight is 440 g/mol. The van der Waals surface area contributed by atoms with Crippen molar-refractivity contribution in [3.8, 4) is 10.6 Å². The number of ether oxygens (including phenoxy) is 1. The minimum Gasteiger partial charge on any atom is -0.442 e. The molecule has 0 radical (unpaired) electrons. The number of nitrogens with zero attached hydrogens (tertiary/aromatic N) is 6. The van der Waals surface area contributed by atoms with Gasteiger partial charge in [0.15, 0.2) is 14.8 Å². The average Bonchev–Trinajstić information content (AvgIpc) is 3.36. The van der Waals surface area contributed by atoms with Gasteiger partial charge < -0.3 is 4.74 Å². The highest BCUT2D eigenvalue weighted by molar-refractivity contribution is 7.90. The molecule has 1 saturated heterocycles. The highest BCUT2D eigenvalue weighted by atomic mass is 32.2. The largest absolute Gasteiger partial charge is 0.442 e. The van der Waals surface area contributed by atoms with Crippen molar-refractivity contribution in [2.75, 3.05) is 37.3 Å². The van der Waals surface area contributed by atoms with Crippen LogP contribution >= 0.6 is 11.3 Å². The summed E-state index contributed by atoms with van der Waals surface area (Å²) in [6.45, 7) is 2.01. The number of hydrogen-bond acceptors (Lipinski definition) is 10. The summed E-state index contributed by atoms with van der Waals surface area (Å²) in [7, 11) is -3.25. The lowest BCUT2D eigenvalue weighted by molar-refractivity contribution is 0.114. The van der Waals surface area contributed by atoms with E-state index in [1.165, 1.54) is 17.0 Å². The normalized spacial score (nSPS) is 19.2. The van der Waals surface area contributed by atoms with Gasteiger partial charge in [-0.15, -0.1) is 10.2 Å². The standard InChI is InChI=1S/C16H17FN6O4S2/c1-29(25,26)9-14-19-20-15(28-14)12-3-2-10(6-13(12)17)23-8-11(27-16(23)24)7-22-5-4-18-21-22/h2-3,6,11H,4-5,7-9H2,1H3/t11-/m0/s1. The Morgan fingerprint density at radius 2 is 2.17 bits per heavy atom. The summed E-state index contributed by atoms with van der Waals surface area (Å²) in [5.74, 6) is -0.837. The summed E-state index contributed by atoms with van der Waals surface area (Å²) in [6, 6.07) is 4.31. The maximum absolute atomic E-state index is 14.7. The van der Waals surface area contributed by atoms with Gasteiger partial charge in [0.2, 0.25) is 0 Å². The molecule has 1 aromatic carbocycles. The predicted molar refractivity (Wildman–Crippen MR) is 103 cm³/mol. The first-order chi connectivity index (χ1) is 13.8. The monoisotopic (exact) mass is 440 g/mol. The molecule has 0 unspecified atom stereocenters. The van der Waals surface area contributed by atoms with E-state index in [1.807, 2.05) is 0 Å². The van der Waals surface area contributed by atoms with E-state index in [-0.39, 0.29) is 34.0 Å². The number of aromatic nitrogens is 2. The van der Waals surface area contributed by atoms with Crippen LogP contribution in [0.1, 0.15) is 5.01 Å².